The van der Waals surface area contributed by atoms with Gasteiger partial charge in [0.05, 0.1) is 12.8 Å². The Morgan fingerprint density at radius 2 is 2.47 bits per heavy atom. The Hall–Kier alpha value is -2.24. The van der Waals surface area contributed by atoms with Crippen LogP contribution in [0.15, 0.2) is 29.0 Å². The van der Waals surface area contributed by atoms with E-state index in [-0.39, 0.29) is 11.7 Å². The van der Waals surface area contributed by atoms with Crippen molar-refractivity contribution in [2.75, 3.05) is 5.73 Å². The van der Waals surface area contributed by atoms with Crippen molar-refractivity contribution in [3.63, 3.8) is 0 Å². The zero-order chi connectivity index (χ0) is 12.3. The van der Waals surface area contributed by atoms with Crippen molar-refractivity contribution >= 4 is 11.7 Å². The first-order valence-corrected chi connectivity index (χ1v) is 5.34. The molecule has 0 aliphatic carbocycles. The monoisotopic (exact) mass is 234 g/mol. The van der Waals surface area contributed by atoms with E-state index in [0.29, 0.717) is 24.4 Å². The second-order valence-electron chi connectivity index (χ2n) is 3.55. The fourth-order valence-electron chi connectivity index (χ4n) is 1.45. The number of hydrogen-bond acceptors (Lipinski definition) is 4. The molecule has 0 fully saturated rings. The second kappa shape index (κ2) is 4.73. The minimum absolute atomic E-state index is 0.240. The smallest absolute Gasteiger partial charge is 0.257 e. The lowest BCUT2D eigenvalue weighted by Crippen LogP contribution is -2.23. The van der Waals surface area contributed by atoms with E-state index < -0.39 is 0 Å². The number of hydrogen-bond donors (Lipinski definition) is 2. The zero-order valence-electron chi connectivity index (χ0n) is 9.51. The maximum absolute atomic E-state index is 11.8. The molecular formula is C11H14N4O2. The van der Waals surface area contributed by atoms with Crippen LogP contribution in [0.2, 0.25) is 0 Å². The number of nitrogens with one attached hydrogen (secondary N) is 1. The van der Waals surface area contributed by atoms with Crippen molar-refractivity contribution in [2.24, 2.45) is 0 Å². The topological polar surface area (TPSA) is 86.1 Å². The number of rotatable bonds is 4. The van der Waals surface area contributed by atoms with Gasteiger partial charge in [0.15, 0.2) is 5.82 Å². The highest BCUT2D eigenvalue weighted by molar-refractivity contribution is 5.98. The molecule has 0 aliphatic heterocycles. The molecule has 0 spiro atoms. The number of furan rings is 1. The van der Waals surface area contributed by atoms with Gasteiger partial charge in [-0.05, 0) is 19.1 Å². The molecular weight excluding hydrogens is 220 g/mol. The molecule has 3 N–H and O–H groups in total. The summed E-state index contributed by atoms with van der Waals surface area (Å²) >= 11 is 0. The molecule has 0 unspecified atom stereocenters. The number of aromatic nitrogens is 2. The van der Waals surface area contributed by atoms with Crippen molar-refractivity contribution in [2.45, 2.75) is 20.0 Å². The highest BCUT2D eigenvalue weighted by Crippen LogP contribution is 2.09. The van der Waals surface area contributed by atoms with Crippen LogP contribution in [-0.2, 0) is 13.1 Å². The van der Waals surface area contributed by atoms with Crippen LogP contribution in [0, 0.1) is 0 Å². The molecule has 2 rings (SSSR count). The van der Waals surface area contributed by atoms with Crippen LogP contribution in [0.3, 0.4) is 0 Å². The highest BCUT2D eigenvalue weighted by Gasteiger charge is 2.13. The summed E-state index contributed by atoms with van der Waals surface area (Å²) in [7, 11) is 0. The molecule has 0 bridgehead atoms. The number of carbonyl (C=O) groups excluding carboxylic acids is 1. The SMILES string of the molecule is CCn1cc(C(=O)NCc2ccco2)c(N)n1. The second-order valence-corrected chi connectivity index (χ2v) is 3.55. The number of nitrogens with zero attached hydrogens (tertiary/aromatic N) is 2. The Morgan fingerprint density at radius 3 is 3.06 bits per heavy atom. The minimum Gasteiger partial charge on any atom is -0.467 e. The van der Waals surface area contributed by atoms with E-state index in [2.05, 4.69) is 10.4 Å². The average Bonchev–Trinajstić information content (AvgIpc) is 2.94. The Bertz CT molecular complexity index is 502. The van der Waals surface area contributed by atoms with Crippen molar-refractivity contribution in [1.82, 2.24) is 15.1 Å². The van der Waals surface area contributed by atoms with Crippen LogP contribution < -0.4 is 11.1 Å². The molecule has 2 aromatic rings. The van der Waals surface area contributed by atoms with Crippen LogP contribution in [0.5, 0.6) is 0 Å². The van der Waals surface area contributed by atoms with Gasteiger partial charge in [0.25, 0.3) is 5.91 Å². The third kappa shape index (κ3) is 2.47. The summed E-state index contributed by atoms with van der Waals surface area (Å²) < 4.78 is 6.73. The van der Waals surface area contributed by atoms with Gasteiger partial charge in [-0.3, -0.25) is 9.48 Å². The number of anilines is 1. The molecule has 2 aromatic heterocycles. The van der Waals surface area contributed by atoms with Crippen LogP contribution in [0.25, 0.3) is 0 Å². The minimum atomic E-state index is -0.251. The standard InChI is InChI=1S/C11H14N4O2/c1-2-15-7-9(10(12)14-15)11(16)13-6-8-4-3-5-17-8/h3-5,7H,2,6H2,1H3,(H2,12,14)(H,13,16). The lowest BCUT2D eigenvalue weighted by Gasteiger charge is -2.01. The lowest BCUT2D eigenvalue weighted by molar-refractivity contribution is 0.0949. The molecule has 17 heavy (non-hydrogen) atoms. The van der Waals surface area contributed by atoms with Crippen molar-refractivity contribution < 1.29 is 9.21 Å². The molecule has 0 radical (unpaired) electrons. The van der Waals surface area contributed by atoms with Gasteiger partial charge in [-0.25, -0.2) is 0 Å². The van der Waals surface area contributed by atoms with E-state index in [9.17, 15) is 4.79 Å². The van der Waals surface area contributed by atoms with Crippen molar-refractivity contribution in [1.29, 1.82) is 0 Å². The summed E-state index contributed by atoms with van der Waals surface area (Å²) in [5.74, 6) is 0.683. The molecule has 0 aromatic carbocycles. The van der Waals surface area contributed by atoms with Gasteiger partial charge in [0, 0.05) is 12.7 Å². The van der Waals surface area contributed by atoms with Gasteiger partial charge >= 0.3 is 0 Å². The zero-order valence-corrected chi connectivity index (χ0v) is 9.51. The maximum Gasteiger partial charge on any atom is 0.257 e. The van der Waals surface area contributed by atoms with Gasteiger partial charge in [-0.1, -0.05) is 0 Å². The molecule has 0 saturated heterocycles. The van der Waals surface area contributed by atoms with Gasteiger partial charge in [-0.15, -0.1) is 0 Å². The molecule has 2 heterocycles. The quantitative estimate of drug-likeness (QED) is 0.826. The van der Waals surface area contributed by atoms with Crippen molar-refractivity contribution in [3.05, 3.63) is 35.9 Å². The third-order valence-electron chi connectivity index (χ3n) is 2.36. The Kier molecular flexibility index (Phi) is 3.13. The van der Waals surface area contributed by atoms with E-state index in [1.165, 1.54) is 0 Å². The number of amides is 1. The van der Waals surface area contributed by atoms with E-state index in [4.69, 9.17) is 10.2 Å². The predicted octanol–water partition coefficient (Wildman–Crippen LogP) is 1.01. The molecule has 0 atom stereocenters. The molecule has 6 nitrogen and oxygen atoms in total. The number of nitrogen functional groups attached to an aromatic ring is 1. The van der Waals surface area contributed by atoms with Crippen LogP contribution in [0.1, 0.15) is 23.0 Å². The summed E-state index contributed by atoms with van der Waals surface area (Å²) in [6.45, 7) is 2.94. The van der Waals surface area contributed by atoms with Crippen molar-refractivity contribution in [3.8, 4) is 0 Å². The van der Waals surface area contributed by atoms with E-state index in [1.807, 2.05) is 6.92 Å². The lowest BCUT2D eigenvalue weighted by atomic mass is 10.3. The number of carbonyl (C=O) groups is 1. The molecule has 90 valence electrons. The first kappa shape index (κ1) is 11.3. The Morgan fingerprint density at radius 1 is 1.65 bits per heavy atom. The number of nitrogens with two attached hydrogens (primary N) is 1. The summed E-state index contributed by atoms with van der Waals surface area (Å²) in [6.07, 6.45) is 3.19. The maximum atomic E-state index is 11.8. The summed E-state index contributed by atoms with van der Waals surface area (Å²) in [6, 6.07) is 3.56. The third-order valence-corrected chi connectivity index (χ3v) is 2.36. The van der Waals surface area contributed by atoms with E-state index in [1.54, 1.807) is 29.3 Å². The van der Waals surface area contributed by atoms with Crippen LogP contribution >= 0.6 is 0 Å². The molecule has 0 saturated carbocycles. The predicted molar refractivity (Wildman–Crippen MR) is 62.2 cm³/mol. The molecule has 1 amide bonds. The van der Waals surface area contributed by atoms with E-state index >= 15 is 0 Å². The summed E-state index contributed by atoms with van der Waals surface area (Å²) in [4.78, 5) is 11.8. The summed E-state index contributed by atoms with van der Waals surface area (Å²) in [5.41, 5.74) is 6.04. The fraction of sp³-hybridized carbons (Fsp3) is 0.273. The highest BCUT2D eigenvalue weighted by atomic mass is 16.3. The molecule has 0 aliphatic rings. The first-order valence-electron chi connectivity index (χ1n) is 5.34. The first-order chi connectivity index (χ1) is 8.20. The largest absolute Gasteiger partial charge is 0.467 e. The fourth-order valence-corrected chi connectivity index (χ4v) is 1.45. The molecule has 6 heteroatoms. The van der Waals surface area contributed by atoms with Gasteiger partial charge in [0.2, 0.25) is 0 Å². The van der Waals surface area contributed by atoms with Crippen LogP contribution in [0.4, 0.5) is 5.82 Å². The van der Waals surface area contributed by atoms with Crippen LogP contribution in [-0.4, -0.2) is 15.7 Å². The summed E-state index contributed by atoms with van der Waals surface area (Å²) in [5, 5.41) is 6.72. The number of aryl methyl sites for hydroxylation is 1. The normalized spacial score (nSPS) is 10.4. The van der Waals surface area contributed by atoms with Gasteiger partial charge in [0.1, 0.15) is 11.3 Å². The van der Waals surface area contributed by atoms with Gasteiger partial charge < -0.3 is 15.5 Å². The van der Waals surface area contributed by atoms with E-state index in [0.717, 1.165) is 0 Å². The Labute approximate surface area is 98.4 Å². The Balaban J connectivity index is 2.01. The average molecular weight is 234 g/mol. The van der Waals surface area contributed by atoms with Gasteiger partial charge in [-0.2, -0.15) is 5.10 Å².